The second-order valence-corrected chi connectivity index (χ2v) is 5.61. The lowest BCUT2D eigenvalue weighted by Gasteiger charge is -2.10. The van der Waals surface area contributed by atoms with Gasteiger partial charge in [0.05, 0.1) is 6.61 Å². The van der Waals surface area contributed by atoms with E-state index in [1.165, 1.54) is 0 Å². The molecule has 3 rings (SSSR count). The van der Waals surface area contributed by atoms with Crippen LogP contribution in [0.15, 0.2) is 60.7 Å². The Morgan fingerprint density at radius 3 is 2.15 bits per heavy atom. The Labute approximate surface area is 151 Å². The number of hydrogen-bond donors (Lipinski definition) is 1. The lowest BCUT2D eigenvalue weighted by molar-refractivity contribution is 0.0447. The van der Waals surface area contributed by atoms with E-state index in [0.29, 0.717) is 12.4 Å². The molecule has 0 spiro atoms. The summed E-state index contributed by atoms with van der Waals surface area (Å²) < 4.78 is 16.1. The molecule has 0 atom stereocenters. The predicted octanol–water partition coefficient (Wildman–Crippen LogP) is 4.18. The zero-order valence-corrected chi connectivity index (χ0v) is 14.5. The van der Waals surface area contributed by atoms with E-state index in [0.717, 1.165) is 16.5 Å². The van der Waals surface area contributed by atoms with Gasteiger partial charge in [0.1, 0.15) is 36.0 Å². The Kier molecular flexibility index (Phi) is 5.59. The molecule has 3 aromatic carbocycles. The van der Waals surface area contributed by atoms with Crippen LogP contribution in [0.25, 0.3) is 10.8 Å². The normalized spacial score (nSPS) is 10.5. The number of carbonyl (C=O) groups is 1. The molecule has 0 amide bonds. The van der Waals surface area contributed by atoms with Gasteiger partial charge in [-0.15, -0.1) is 0 Å². The summed E-state index contributed by atoms with van der Waals surface area (Å²) >= 11 is 0. The van der Waals surface area contributed by atoms with Crippen molar-refractivity contribution in [2.45, 2.75) is 6.92 Å². The number of rotatable bonds is 7. The lowest BCUT2D eigenvalue weighted by Crippen LogP contribution is -2.12. The second-order valence-electron chi connectivity index (χ2n) is 5.61. The van der Waals surface area contributed by atoms with E-state index in [9.17, 15) is 9.90 Å². The summed E-state index contributed by atoms with van der Waals surface area (Å²) in [5.74, 6) is 0.765. The maximum Gasteiger partial charge on any atom is 0.342 e. The van der Waals surface area contributed by atoms with Crippen LogP contribution in [0, 0.1) is 0 Å². The third kappa shape index (κ3) is 4.25. The molecule has 0 aliphatic heterocycles. The van der Waals surface area contributed by atoms with E-state index in [4.69, 9.17) is 14.2 Å². The van der Waals surface area contributed by atoms with Gasteiger partial charge >= 0.3 is 5.97 Å². The number of carbonyl (C=O) groups excluding carboxylic acids is 1. The van der Waals surface area contributed by atoms with E-state index in [1.807, 2.05) is 43.3 Å². The first kappa shape index (κ1) is 17.6. The molecule has 134 valence electrons. The molecule has 0 unspecified atom stereocenters. The fourth-order valence-electron chi connectivity index (χ4n) is 2.56. The molecule has 5 heteroatoms. The maximum absolute atomic E-state index is 12.2. The highest BCUT2D eigenvalue weighted by Gasteiger charge is 2.13. The van der Waals surface area contributed by atoms with Gasteiger partial charge in [-0.2, -0.15) is 0 Å². The number of phenols is 1. The van der Waals surface area contributed by atoms with Gasteiger partial charge in [0.15, 0.2) is 0 Å². The van der Waals surface area contributed by atoms with Gasteiger partial charge in [-0.05, 0) is 54.1 Å². The molecule has 3 aromatic rings. The van der Waals surface area contributed by atoms with Crippen LogP contribution in [0.3, 0.4) is 0 Å². The van der Waals surface area contributed by atoms with Crippen molar-refractivity contribution in [3.05, 3.63) is 66.2 Å². The van der Waals surface area contributed by atoms with Gasteiger partial charge in [0, 0.05) is 0 Å². The van der Waals surface area contributed by atoms with Gasteiger partial charge in [-0.3, -0.25) is 0 Å². The zero-order chi connectivity index (χ0) is 18.4. The van der Waals surface area contributed by atoms with E-state index >= 15 is 0 Å². The van der Waals surface area contributed by atoms with Crippen LogP contribution in [-0.4, -0.2) is 30.9 Å². The Hall–Kier alpha value is -3.21. The minimum Gasteiger partial charge on any atom is -0.507 e. The number of fused-ring (bicyclic) bond motifs is 1. The Morgan fingerprint density at radius 1 is 0.885 bits per heavy atom. The highest BCUT2D eigenvalue weighted by molar-refractivity contribution is 5.98. The van der Waals surface area contributed by atoms with Crippen molar-refractivity contribution in [1.29, 1.82) is 0 Å². The SMILES string of the molecule is CCOc1ccc(OCCOC(=O)c2cc3ccccc3cc2O)cc1. The first-order valence-electron chi connectivity index (χ1n) is 8.42. The summed E-state index contributed by atoms with van der Waals surface area (Å²) in [5, 5.41) is 11.8. The van der Waals surface area contributed by atoms with Crippen LogP contribution in [0.2, 0.25) is 0 Å². The fourth-order valence-corrected chi connectivity index (χ4v) is 2.56. The second kappa shape index (κ2) is 8.25. The zero-order valence-electron chi connectivity index (χ0n) is 14.5. The summed E-state index contributed by atoms with van der Waals surface area (Å²) in [6.45, 7) is 2.83. The van der Waals surface area contributed by atoms with E-state index < -0.39 is 5.97 Å². The van der Waals surface area contributed by atoms with Crippen LogP contribution in [-0.2, 0) is 4.74 Å². The molecule has 0 saturated carbocycles. The monoisotopic (exact) mass is 352 g/mol. The Bertz CT molecular complexity index is 887. The third-order valence-corrected chi connectivity index (χ3v) is 3.80. The molecule has 0 radical (unpaired) electrons. The van der Waals surface area contributed by atoms with Crippen molar-refractivity contribution in [2.24, 2.45) is 0 Å². The Morgan fingerprint density at radius 2 is 1.50 bits per heavy atom. The maximum atomic E-state index is 12.2. The van der Waals surface area contributed by atoms with Crippen LogP contribution < -0.4 is 9.47 Å². The number of benzene rings is 3. The van der Waals surface area contributed by atoms with E-state index in [1.54, 1.807) is 24.3 Å². The first-order valence-corrected chi connectivity index (χ1v) is 8.42. The number of esters is 1. The molecule has 0 aromatic heterocycles. The van der Waals surface area contributed by atoms with Crippen molar-refractivity contribution >= 4 is 16.7 Å². The van der Waals surface area contributed by atoms with Gasteiger partial charge in [0.2, 0.25) is 0 Å². The average molecular weight is 352 g/mol. The first-order chi connectivity index (χ1) is 12.7. The van der Waals surface area contributed by atoms with Crippen molar-refractivity contribution in [3.63, 3.8) is 0 Å². The average Bonchev–Trinajstić information content (AvgIpc) is 2.66. The summed E-state index contributed by atoms with van der Waals surface area (Å²) in [4.78, 5) is 12.2. The topological polar surface area (TPSA) is 65.0 Å². The van der Waals surface area contributed by atoms with Gasteiger partial charge in [0.25, 0.3) is 0 Å². The summed E-state index contributed by atoms with van der Waals surface area (Å²) in [6.07, 6.45) is 0. The number of hydrogen-bond acceptors (Lipinski definition) is 5. The van der Waals surface area contributed by atoms with Crippen molar-refractivity contribution < 1.29 is 24.1 Å². The summed E-state index contributed by atoms with van der Waals surface area (Å²) in [6, 6.07) is 17.9. The fraction of sp³-hybridized carbons (Fsp3) is 0.190. The smallest absolute Gasteiger partial charge is 0.342 e. The van der Waals surface area contributed by atoms with Gasteiger partial charge in [-0.25, -0.2) is 4.79 Å². The molecule has 0 heterocycles. The molecule has 0 aliphatic rings. The van der Waals surface area contributed by atoms with E-state index in [2.05, 4.69) is 0 Å². The van der Waals surface area contributed by atoms with Crippen LogP contribution in [0.1, 0.15) is 17.3 Å². The number of aromatic hydroxyl groups is 1. The van der Waals surface area contributed by atoms with Crippen LogP contribution >= 0.6 is 0 Å². The molecule has 0 saturated heterocycles. The van der Waals surface area contributed by atoms with E-state index in [-0.39, 0.29) is 24.5 Å². The number of phenolic OH excluding ortho intramolecular Hbond substituents is 1. The molecule has 0 fully saturated rings. The van der Waals surface area contributed by atoms with Crippen molar-refractivity contribution in [1.82, 2.24) is 0 Å². The summed E-state index contributed by atoms with van der Waals surface area (Å²) in [5.41, 5.74) is 0.143. The lowest BCUT2D eigenvalue weighted by atomic mass is 10.1. The minimum atomic E-state index is -0.580. The van der Waals surface area contributed by atoms with Crippen molar-refractivity contribution in [3.8, 4) is 17.2 Å². The molecular formula is C21H20O5. The molecule has 0 aliphatic carbocycles. The molecule has 5 nitrogen and oxygen atoms in total. The third-order valence-electron chi connectivity index (χ3n) is 3.80. The van der Waals surface area contributed by atoms with Gasteiger partial charge < -0.3 is 19.3 Å². The minimum absolute atomic E-state index is 0.0817. The molecule has 1 N–H and O–H groups in total. The quantitative estimate of drug-likeness (QED) is 0.510. The largest absolute Gasteiger partial charge is 0.507 e. The van der Waals surface area contributed by atoms with Crippen LogP contribution in [0.4, 0.5) is 0 Å². The summed E-state index contributed by atoms with van der Waals surface area (Å²) in [7, 11) is 0. The van der Waals surface area contributed by atoms with Crippen LogP contribution in [0.5, 0.6) is 17.2 Å². The predicted molar refractivity (Wildman–Crippen MR) is 99.0 cm³/mol. The van der Waals surface area contributed by atoms with Gasteiger partial charge in [-0.1, -0.05) is 24.3 Å². The molecule has 26 heavy (non-hydrogen) atoms. The highest BCUT2D eigenvalue weighted by atomic mass is 16.6. The highest BCUT2D eigenvalue weighted by Crippen LogP contribution is 2.25. The van der Waals surface area contributed by atoms with Crippen molar-refractivity contribution in [2.75, 3.05) is 19.8 Å². The molecule has 0 bridgehead atoms. The number of ether oxygens (including phenoxy) is 3. The molecular weight excluding hydrogens is 332 g/mol. The Balaban J connectivity index is 1.53. The standard InChI is InChI=1S/C21H20O5/c1-2-24-17-7-9-18(10-8-17)25-11-12-26-21(23)19-13-15-5-3-4-6-16(15)14-20(19)22/h3-10,13-14,22H,2,11-12H2,1H3.